The number of hydrogen-bond donors (Lipinski definition) is 1. The molecule has 0 bridgehead atoms. The van der Waals surface area contributed by atoms with Gasteiger partial charge in [-0.2, -0.15) is 0 Å². The Hall–Kier alpha value is -2.00. The summed E-state index contributed by atoms with van der Waals surface area (Å²) in [5, 5.41) is 3.43. The Kier molecular flexibility index (Phi) is 5.09. The second-order valence-corrected chi connectivity index (χ2v) is 5.86. The van der Waals surface area contributed by atoms with Crippen LogP contribution in [0.25, 0.3) is 0 Å². The summed E-state index contributed by atoms with van der Waals surface area (Å²) in [6.45, 7) is 7.71. The Labute approximate surface area is 136 Å². The Bertz CT molecular complexity index is 674. The van der Waals surface area contributed by atoms with Gasteiger partial charge in [0.25, 0.3) is 5.91 Å². The normalized spacial score (nSPS) is 11.9. The molecule has 0 unspecified atom stereocenters. The first-order valence-electron chi connectivity index (χ1n) is 7.18. The van der Waals surface area contributed by atoms with Gasteiger partial charge in [0.2, 0.25) is 0 Å². The van der Waals surface area contributed by atoms with Crippen LogP contribution < -0.4 is 10.1 Å². The number of rotatable bonds is 4. The van der Waals surface area contributed by atoms with Crippen LogP contribution in [-0.4, -0.2) is 12.0 Å². The number of benzene rings is 2. The fourth-order valence-electron chi connectivity index (χ4n) is 2.39. The van der Waals surface area contributed by atoms with Crippen LogP contribution in [0.3, 0.4) is 0 Å². The highest BCUT2D eigenvalue weighted by atomic mass is 35.5. The maximum atomic E-state index is 12.3. The number of nitrogens with one attached hydrogen (secondary N) is 1. The largest absolute Gasteiger partial charge is 0.479 e. The van der Waals surface area contributed by atoms with Crippen molar-refractivity contribution in [3.05, 3.63) is 58.1 Å². The van der Waals surface area contributed by atoms with Crippen LogP contribution in [0, 0.1) is 20.8 Å². The number of amides is 1. The van der Waals surface area contributed by atoms with Gasteiger partial charge < -0.3 is 10.1 Å². The summed E-state index contributed by atoms with van der Waals surface area (Å²) in [5.41, 5.74) is 4.09. The molecule has 2 aromatic rings. The third-order valence-corrected chi connectivity index (χ3v) is 3.75. The second kappa shape index (κ2) is 6.84. The summed E-state index contributed by atoms with van der Waals surface area (Å²) in [6.07, 6.45) is -0.639. The van der Waals surface area contributed by atoms with Gasteiger partial charge in [0, 0.05) is 5.69 Å². The van der Waals surface area contributed by atoms with Gasteiger partial charge in [0.15, 0.2) is 6.10 Å². The van der Waals surface area contributed by atoms with E-state index in [4.69, 9.17) is 16.3 Å². The molecule has 4 heteroatoms. The second-order valence-electron chi connectivity index (χ2n) is 5.45. The number of para-hydroxylation sites is 1. The highest BCUT2D eigenvalue weighted by molar-refractivity contribution is 6.32. The van der Waals surface area contributed by atoms with E-state index in [0.717, 1.165) is 16.8 Å². The van der Waals surface area contributed by atoms with E-state index >= 15 is 0 Å². The zero-order chi connectivity index (χ0) is 16.3. The van der Waals surface area contributed by atoms with E-state index in [-0.39, 0.29) is 5.91 Å². The summed E-state index contributed by atoms with van der Waals surface area (Å²) in [6, 6.07) is 11.2. The SMILES string of the molecule is Cc1cc(C)c(NC(=O)[C@@H](C)Oc2ccccc2Cl)c(C)c1. The zero-order valence-electron chi connectivity index (χ0n) is 13.2. The topological polar surface area (TPSA) is 38.3 Å². The third kappa shape index (κ3) is 3.80. The zero-order valence-corrected chi connectivity index (χ0v) is 14.0. The van der Waals surface area contributed by atoms with Crippen molar-refractivity contribution in [2.75, 3.05) is 5.32 Å². The molecule has 1 atom stereocenters. The molecule has 0 aliphatic carbocycles. The van der Waals surface area contributed by atoms with Crippen molar-refractivity contribution < 1.29 is 9.53 Å². The van der Waals surface area contributed by atoms with Crippen LogP contribution in [0.4, 0.5) is 5.69 Å². The van der Waals surface area contributed by atoms with Gasteiger partial charge in [-0.25, -0.2) is 0 Å². The molecule has 1 amide bonds. The number of hydrogen-bond acceptors (Lipinski definition) is 2. The molecule has 116 valence electrons. The first-order valence-corrected chi connectivity index (χ1v) is 7.56. The minimum absolute atomic E-state index is 0.199. The lowest BCUT2D eigenvalue weighted by atomic mass is 10.0. The van der Waals surface area contributed by atoms with Crippen molar-refractivity contribution in [1.29, 1.82) is 0 Å². The highest BCUT2D eigenvalue weighted by Gasteiger charge is 2.17. The predicted molar refractivity (Wildman–Crippen MR) is 90.8 cm³/mol. The molecule has 2 aromatic carbocycles. The molecule has 0 spiro atoms. The van der Waals surface area contributed by atoms with E-state index < -0.39 is 6.10 Å². The third-order valence-electron chi connectivity index (χ3n) is 3.43. The first-order chi connectivity index (χ1) is 10.4. The number of ether oxygens (including phenoxy) is 1. The van der Waals surface area contributed by atoms with E-state index in [1.807, 2.05) is 45.0 Å². The number of carbonyl (C=O) groups excluding carboxylic acids is 1. The lowest BCUT2D eigenvalue weighted by molar-refractivity contribution is -0.122. The van der Waals surface area contributed by atoms with Gasteiger partial charge >= 0.3 is 0 Å². The van der Waals surface area contributed by atoms with Crippen LogP contribution in [-0.2, 0) is 4.79 Å². The smallest absolute Gasteiger partial charge is 0.265 e. The number of aryl methyl sites for hydroxylation is 3. The van der Waals surface area contributed by atoms with Gasteiger partial charge in [0.05, 0.1) is 5.02 Å². The Morgan fingerprint density at radius 2 is 1.73 bits per heavy atom. The molecular weight excluding hydrogens is 298 g/mol. The van der Waals surface area contributed by atoms with E-state index in [1.54, 1.807) is 19.1 Å². The molecule has 2 rings (SSSR count). The molecule has 0 aliphatic heterocycles. The summed E-state index contributed by atoms with van der Waals surface area (Å²) in [4.78, 5) is 12.3. The molecule has 0 aliphatic rings. The molecule has 1 N–H and O–H groups in total. The van der Waals surface area contributed by atoms with E-state index in [2.05, 4.69) is 5.32 Å². The minimum atomic E-state index is -0.639. The Morgan fingerprint density at radius 3 is 2.32 bits per heavy atom. The van der Waals surface area contributed by atoms with Crippen LogP contribution in [0.5, 0.6) is 5.75 Å². The minimum Gasteiger partial charge on any atom is -0.479 e. The molecule has 0 radical (unpaired) electrons. The Balaban J connectivity index is 2.11. The number of anilines is 1. The van der Waals surface area contributed by atoms with Gasteiger partial charge in [0.1, 0.15) is 5.75 Å². The van der Waals surface area contributed by atoms with Crippen LogP contribution in [0.2, 0.25) is 5.02 Å². The Morgan fingerprint density at radius 1 is 1.14 bits per heavy atom. The molecule has 0 heterocycles. The average Bonchev–Trinajstić information content (AvgIpc) is 2.45. The average molecular weight is 318 g/mol. The van der Waals surface area contributed by atoms with Crippen LogP contribution in [0.1, 0.15) is 23.6 Å². The quantitative estimate of drug-likeness (QED) is 0.889. The van der Waals surface area contributed by atoms with Gasteiger partial charge in [-0.15, -0.1) is 0 Å². The predicted octanol–water partition coefficient (Wildman–Crippen LogP) is 4.67. The van der Waals surface area contributed by atoms with Crippen LogP contribution in [0.15, 0.2) is 36.4 Å². The van der Waals surface area contributed by atoms with Crippen molar-refractivity contribution in [3.8, 4) is 5.75 Å². The first kappa shape index (κ1) is 16.4. The van der Waals surface area contributed by atoms with Crippen molar-refractivity contribution in [2.24, 2.45) is 0 Å². The molecule has 0 saturated heterocycles. The highest BCUT2D eigenvalue weighted by Crippen LogP contribution is 2.25. The lowest BCUT2D eigenvalue weighted by Crippen LogP contribution is -2.30. The summed E-state index contributed by atoms with van der Waals surface area (Å²) < 4.78 is 5.64. The molecule has 0 saturated carbocycles. The van der Waals surface area contributed by atoms with Crippen molar-refractivity contribution in [1.82, 2.24) is 0 Å². The van der Waals surface area contributed by atoms with Crippen molar-refractivity contribution in [2.45, 2.75) is 33.8 Å². The van der Waals surface area contributed by atoms with Gasteiger partial charge in [-0.1, -0.05) is 41.4 Å². The van der Waals surface area contributed by atoms with Crippen molar-refractivity contribution >= 4 is 23.2 Å². The maximum absolute atomic E-state index is 12.3. The molecule has 3 nitrogen and oxygen atoms in total. The lowest BCUT2D eigenvalue weighted by Gasteiger charge is -2.18. The molecule has 22 heavy (non-hydrogen) atoms. The van der Waals surface area contributed by atoms with E-state index in [0.29, 0.717) is 10.8 Å². The monoisotopic (exact) mass is 317 g/mol. The van der Waals surface area contributed by atoms with Crippen LogP contribution >= 0.6 is 11.6 Å². The molecular formula is C18H20ClNO2. The molecule has 0 fully saturated rings. The maximum Gasteiger partial charge on any atom is 0.265 e. The standard InChI is InChI=1S/C18H20ClNO2/c1-11-9-12(2)17(13(3)10-11)20-18(21)14(4)22-16-8-6-5-7-15(16)19/h5-10,14H,1-4H3,(H,20,21)/t14-/m1/s1. The number of halogens is 1. The fourth-order valence-corrected chi connectivity index (χ4v) is 2.57. The summed E-state index contributed by atoms with van der Waals surface area (Å²) in [5.74, 6) is 0.305. The van der Waals surface area contributed by atoms with Crippen molar-refractivity contribution in [3.63, 3.8) is 0 Å². The van der Waals surface area contributed by atoms with E-state index in [1.165, 1.54) is 5.56 Å². The van der Waals surface area contributed by atoms with Gasteiger partial charge in [-0.3, -0.25) is 4.79 Å². The summed E-state index contributed by atoms with van der Waals surface area (Å²) in [7, 11) is 0. The summed E-state index contributed by atoms with van der Waals surface area (Å²) >= 11 is 6.04. The fraction of sp³-hybridized carbons (Fsp3) is 0.278. The molecule has 0 aromatic heterocycles. The number of carbonyl (C=O) groups is 1. The van der Waals surface area contributed by atoms with Gasteiger partial charge in [-0.05, 0) is 51.0 Å². The van der Waals surface area contributed by atoms with E-state index in [9.17, 15) is 4.79 Å².